The van der Waals surface area contributed by atoms with E-state index in [2.05, 4.69) is 5.16 Å². The summed E-state index contributed by atoms with van der Waals surface area (Å²) in [6.07, 6.45) is -0.696. The second-order valence-corrected chi connectivity index (χ2v) is 5.39. The van der Waals surface area contributed by atoms with Crippen molar-refractivity contribution in [2.24, 2.45) is 5.16 Å². The fourth-order valence-electron chi connectivity index (χ4n) is 1.04. The Labute approximate surface area is 122 Å². The molecule has 0 aromatic heterocycles. The predicted octanol–water partition coefficient (Wildman–Crippen LogP) is 4.74. The minimum Gasteiger partial charge on any atom is -0.451 e. The third-order valence-electron chi connectivity index (χ3n) is 1.86. The molecule has 0 aliphatic carbocycles. The average molecular weight is 311 g/mol. The highest BCUT2D eigenvalue weighted by Crippen LogP contribution is 2.27. The molecule has 0 aliphatic rings. The van der Waals surface area contributed by atoms with Crippen molar-refractivity contribution in [3.05, 3.63) is 28.2 Å². The van der Waals surface area contributed by atoms with Gasteiger partial charge in [-0.25, -0.2) is 0 Å². The van der Waals surface area contributed by atoms with Gasteiger partial charge in [0.1, 0.15) is 11.1 Å². The van der Waals surface area contributed by atoms with Crippen LogP contribution < -0.4 is 4.74 Å². The molecule has 0 N–H and O–H groups in total. The summed E-state index contributed by atoms with van der Waals surface area (Å²) >= 11 is 17.7. The standard InChI is InChI=1S/C12H14Cl3NO2/c1-7(2)16-18-12(8(3)13)17-9-4-5-10(14)11(15)6-9/h4-6,8,12H,1-3H3. The Kier molecular flexibility index (Phi) is 6.06. The lowest BCUT2D eigenvalue weighted by Gasteiger charge is -2.19. The largest absolute Gasteiger partial charge is 0.451 e. The highest BCUT2D eigenvalue weighted by molar-refractivity contribution is 6.42. The molecule has 1 aromatic carbocycles. The van der Waals surface area contributed by atoms with Crippen molar-refractivity contribution in [2.75, 3.05) is 0 Å². The number of halogens is 3. The fourth-order valence-corrected chi connectivity index (χ4v) is 1.43. The van der Waals surface area contributed by atoms with E-state index in [4.69, 9.17) is 44.4 Å². The minimum atomic E-state index is -0.696. The second kappa shape index (κ2) is 7.07. The lowest BCUT2D eigenvalue weighted by molar-refractivity contribution is -0.0777. The molecule has 3 nitrogen and oxygen atoms in total. The molecule has 1 aromatic rings. The van der Waals surface area contributed by atoms with Crippen molar-refractivity contribution in [1.29, 1.82) is 0 Å². The van der Waals surface area contributed by atoms with Crippen LogP contribution in [0.4, 0.5) is 0 Å². The van der Waals surface area contributed by atoms with Crippen LogP contribution in [-0.2, 0) is 4.84 Å². The summed E-state index contributed by atoms with van der Waals surface area (Å²) in [4.78, 5) is 5.20. The molecule has 0 aliphatic heterocycles. The molecular weight excluding hydrogens is 296 g/mol. The van der Waals surface area contributed by atoms with Crippen LogP contribution in [0.25, 0.3) is 0 Å². The number of hydrogen-bond donors (Lipinski definition) is 0. The van der Waals surface area contributed by atoms with Crippen molar-refractivity contribution >= 4 is 40.5 Å². The lowest BCUT2D eigenvalue weighted by atomic mass is 10.3. The van der Waals surface area contributed by atoms with E-state index in [1.807, 2.05) is 13.8 Å². The van der Waals surface area contributed by atoms with Gasteiger partial charge in [-0.15, -0.1) is 11.6 Å². The molecule has 0 amide bonds. The Hall–Kier alpha value is -0.640. The number of oxime groups is 1. The molecule has 100 valence electrons. The Morgan fingerprint density at radius 1 is 1.22 bits per heavy atom. The van der Waals surface area contributed by atoms with Crippen LogP contribution >= 0.6 is 34.8 Å². The summed E-state index contributed by atoms with van der Waals surface area (Å²) in [6, 6.07) is 4.93. The Morgan fingerprint density at radius 2 is 1.89 bits per heavy atom. The van der Waals surface area contributed by atoms with E-state index in [0.29, 0.717) is 15.8 Å². The van der Waals surface area contributed by atoms with Gasteiger partial charge in [0.25, 0.3) is 6.29 Å². The van der Waals surface area contributed by atoms with E-state index < -0.39 is 6.29 Å². The highest BCUT2D eigenvalue weighted by atomic mass is 35.5. The van der Waals surface area contributed by atoms with Crippen molar-refractivity contribution < 1.29 is 9.57 Å². The first-order valence-electron chi connectivity index (χ1n) is 5.33. The molecule has 0 fully saturated rings. The molecule has 0 radical (unpaired) electrons. The Morgan fingerprint density at radius 3 is 2.39 bits per heavy atom. The van der Waals surface area contributed by atoms with Crippen molar-refractivity contribution in [3.63, 3.8) is 0 Å². The van der Waals surface area contributed by atoms with Crippen LogP contribution in [0.15, 0.2) is 23.4 Å². The van der Waals surface area contributed by atoms with Gasteiger partial charge in [-0.1, -0.05) is 28.4 Å². The Balaban J connectivity index is 2.76. The molecule has 0 spiro atoms. The van der Waals surface area contributed by atoms with E-state index >= 15 is 0 Å². The van der Waals surface area contributed by atoms with Gasteiger partial charge in [0.15, 0.2) is 0 Å². The molecule has 0 saturated heterocycles. The maximum Gasteiger partial charge on any atom is 0.281 e. The molecule has 0 heterocycles. The van der Waals surface area contributed by atoms with Gasteiger partial charge in [-0.3, -0.25) is 0 Å². The van der Waals surface area contributed by atoms with E-state index in [-0.39, 0.29) is 5.38 Å². The highest BCUT2D eigenvalue weighted by Gasteiger charge is 2.19. The number of hydrogen-bond acceptors (Lipinski definition) is 3. The number of ether oxygens (including phenoxy) is 1. The maximum atomic E-state index is 5.97. The molecule has 2 unspecified atom stereocenters. The van der Waals surface area contributed by atoms with E-state index in [1.54, 1.807) is 25.1 Å². The van der Waals surface area contributed by atoms with E-state index in [9.17, 15) is 0 Å². The first-order valence-corrected chi connectivity index (χ1v) is 6.52. The third kappa shape index (κ3) is 4.92. The molecule has 2 atom stereocenters. The lowest BCUT2D eigenvalue weighted by Crippen LogP contribution is -2.27. The van der Waals surface area contributed by atoms with Gasteiger partial charge < -0.3 is 9.57 Å². The van der Waals surface area contributed by atoms with Crippen LogP contribution in [0.3, 0.4) is 0 Å². The SMILES string of the molecule is CC(C)=NOC(Oc1ccc(Cl)c(Cl)c1)C(C)Cl. The van der Waals surface area contributed by atoms with E-state index in [1.165, 1.54) is 0 Å². The summed E-state index contributed by atoms with van der Waals surface area (Å²) in [5.74, 6) is 0.519. The summed E-state index contributed by atoms with van der Waals surface area (Å²) in [5, 5.41) is 4.33. The number of alkyl halides is 1. The zero-order chi connectivity index (χ0) is 13.7. The first-order chi connectivity index (χ1) is 8.40. The summed E-state index contributed by atoms with van der Waals surface area (Å²) < 4.78 is 5.56. The zero-order valence-corrected chi connectivity index (χ0v) is 12.6. The normalized spacial score (nSPS) is 13.7. The molecule has 0 saturated carbocycles. The summed E-state index contributed by atoms with van der Waals surface area (Å²) in [5.41, 5.74) is 0.773. The predicted molar refractivity (Wildman–Crippen MR) is 76.1 cm³/mol. The van der Waals surface area contributed by atoms with Crippen LogP contribution in [0, 0.1) is 0 Å². The Bertz CT molecular complexity index is 431. The molecule has 6 heteroatoms. The van der Waals surface area contributed by atoms with Gasteiger partial charge in [0.05, 0.1) is 15.8 Å². The van der Waals surface area contributed by atoms with Crippen LogP contribution in [-0.4, -0.2) is 17.4 Å². The molecular formula is C12H14Cl3NO2. The van der Waals surface area contributed by atoms with Gasteiger partial charge in [-0.2, -0.15) is 0 Å². The number of nitrogens with zero attached hydrogens (tertiary/aromatic N) is 1. The summed E-state index contributed by atoms with van der Waals surface area (Å²) in [7, 11) is 0. The van der Waals surface area contributed by atoms with Gasteiger partial charge in [0, 0.05) is 6.07 Å². The van der Waals surface area contributed by atoms with Crippen molar-refractivity contribution in [1.82, 2.24) is 0 Å². The minimum absolute atomic E-state index is 0.373. The van der Waals surface area contributed by atoms with Crippen molar-refractivity contribution in [3.8, 4) is 5.75 Å². The number of rotatable bonds is 5. The van der Waals surface area contributed by atoms with Gasteiger partial charge >= 0.3 is 0 Å². The second-order valence-electron chi connectivity index (χ2n) is 3.88. The average Bonchev–Trinajstić information content (AvgIpc) is 2.28. The smallest absolute Gasteiger partial charge is 0.281 e. The van der Waals surface area contributed by atoms with Gasteiger partial charge in [-0.05, 0) is 32.9 Å². The topological polar surface area (TPSA) is 30.8 Å². The first kappa shape index (κ1) is 15.4. The number of benzene rings is 1. The fraction of sp³-hybridized carbons (Fsp3) is 0.417. The van der Waals surface area contributed by atoms with Crippen LogP contribution in [0.2, 0.25) is 10.0 Å². The molecule has 18 heavy (non-hydrogen) atoms. The van der Waals surface area contributed by atoms with Gasteiger partial charge in [0.2, 0.25) is 0 Å². The van der Waals surface area contributed by atoms with Crippen LogP contribution in [0.5, 0.6) is 5.75 Å². The third-order valence-corrected chi connectivity index (χ3v) is 2.80. The maximum absolute atomic E-state index is 5.97. The van der Waals surface area contributed by atoms with Crippen LogP contribution in [0.1, 0.15) is 20.8 Å². The van der Waals surface area contributed by atoms with Crippen molar-refractivity contribution in [2.45, 2.75) is 32.4 Å². The molecule has 0 bridgehead atoms. The summed E-state index contributed by atoms with van der Waals surface area (Å²) in [6.45, 7) is 5.38. The monoisotopic (exact) mass is 309 g/mol. The quantitative estimate of drug-likeness (QED) is 0.340. The van der Waals surface area contributed by atoms with E-state index in [0.717, 1.165) is 5.71 Å². The molecule has 1 rings (SSSR count). The zero-order valence-electron chi connectivity index (χ0n) is 10.3.